The highest BCUT2D eigenvalue weighted by atomic mass is 35.5. The van der Waals surface area contributed by atoms with Gasteiger partial charge in [-0.3, -0.25) is 14.9 Å². The van der Waals surface area contributed by atoms with Crippen LogP contribution >= 0.6 is 23.4 Å². The van der Waals surface area contributed by atoms with E-state index in [9.17, 15) is 22.8 Å². The highest BCUT2D eigenvalue weighted by Crippen LogP contribution is 2.29. The van der Waals surface area contributed by atoms with Crippen molar-refractivity contribution < 1.29 is 32.3 Å². The molecule has 3 atom stereocenters. The number of esters is 1. The summed E-state index contributed by atoms with van der Waals surface area (Å²) in [6.45, 7) is 5.33. The van der Waals surface area contributed by atoms with E-state index in [1.165, 1.54) is 67.2 Å². The molecule has 2 N–H and O–H groups in total. The number of sulfonamides is 1. The Labute approximate surface area is 244 Å². The molecule has 1 aliphatic heterocycles. The number of hydrogen-bond donors (Lipinski definition) is 2. The lowest BCUT2D eigenvalue weighted by Gasteiger charge is -2.21. The molecule has 3 rings (SSSR count). The molecule has 1 aliphatic rings. The molecule has 1 unspecified atom stereocenters. The number of ketones is 1. The number of nitrogens with zero attached hydrogens (tertiary/aromatic N) is 1. The molecule has 0 saturated carbocycles. The van der Waals surface area contributed by atoms with Gasteiger partial charge in [-0.05, 0) is 62.6 Å². The van der Waals surface area contributed by atoms with Gasteiger partial charge < -0.3 is 14.4 Å². The molecule has 13 heteroatoms. The average Bonchev–Trinajstić information content (AvgIpc) is 3.37. The molecule has 0 aromatic heterocycles. The molecule has 0 spiro atoms. The smallest absolute Gasteiger partial charge is 0.414 e. The van der Waals surface area contributed by atoms with Crippen LogP contribution in [0.15, 0.2) is 47.4 Å². The lowest BCUT2D eigenvalue weighted by atomic mass is 10.0. The number of thioether (sulfide) groups is 1. The first kappa shape index (κ1) is 31.9. The summed E-state index contributed by atoms with van der Waals surface area (Å²) in [6.07, 6.45) is -0.428. The Kier molecular flexibility index (Phi) is 11.0. The molecule has 10 nitrogen and oxygen atoms in total. The van der Waals surface area contributed by atoms with E-state index in [-0.39, 0.29) is 39.5 Å². The van der Waals surface area contributed by atoms with Crippen LogP contribution in [-0.2, 0) is 26.0 Å². The number of ether oxygens (including phenoxy) is 2. The van der Waals surface area contributed by atoms with Crippen LogP contribution in [0.1, 0.15) is 43.1 Å². The number of halogens is 1. The predicted molar refractivity (Wildman–Crippen MR) is 154 cm³/mol. The quantitative estimate of drug-likeness (QED) is 0.287. The van der Waals surface area contributed by atoms with Crippen molar-refractivity contribution in [2.24, 2.45) is 0 Å². The zero-order valence-corrected chi connectivity index (χ0v) is 25.4. The van der Waals surface area contributed by atoms with Crippen molar-refractivity contribution in [1.29, 1.82) is 0 Å². The first-order valence-corrected chi connectivity index (χ1v) is 15.6. The van der Waals surface area contributed by atoms with Gasteiger partial charge in [0.05, 0.1) is 16.6 Å². The molecule has 1 heterocycles. The Morgan fingerprint density at radius 1 is 1.18 bits per heavy atom. The van der Waals surface area contributed by atoms with Crippen molar-refractivity contribution in [3.8, 4) is 5.75 Å². The molecule has 218 valence electrons. The fourth-order valence-electron chi connectivity index (χ4n) is 3.83. The van der Waals surface area contributed by atoms with E-state index in [4.69, 9.17) is 21.1 Å². The van der Waals surface area contributed by atoms with Crippen molar-refractivity contribution in [3.05, 3.63) is 58.6 Å². The standard InChI is InChI=1S/C27H34ClN3O7S2/c1-6-19-15-39-25(29-19)24(32)21-12-17(10-11-23(21)38-27(34)31(4)5)13-22(26(33)37-16(2)3)30-40(35,36)20-9-7-8-18(28)14-20/h7-12,14,16,19,22,25,29-30H,6,13,15H2,1-5H3/t19?,22-,25-/m0/s1. The normalized spacial score (nSPS) is 17.9. The second kappa shape index (κ2) is 13.8. The van der Waals surface area contributed by atoms with E-state index in [1.807, 2.05) is 6.92 Å². The molecule has 40 heavy (non-hydrogen) atoms. The Hall–Kier alpha value is -2.64. The number of amides is 1. The summed E-state index contributed by atoms with van der Waals surface area (Å²) in [5.41, 5.74) is 0.602. The highest BCUT2D eigenvalue weighted by molar-refractivity contribution is 8.00. The summed E-state index contributed by atoms with van der Waals surface area (Å²) in [5.74, 6) is -0.246. The molecular formula is C27H34ClN3O7S2. The lowest BCUT2D eigenvalue weighted by molar-refractivity contribution is -0.149. The van der Waals surface area contributed by atoms with E-state index in [0.717, 1.165) is 12.2 Å². The van der Waals surface area contributed by atoms with E-state index in [0.29, 0.717) is 5.56 Å². The largest absolute Gasteiger partial charge is 0.462 e. The first-order chi connectivity index (χ1) is 18.8. The first-order valence-electron chi connectivity index (χ1n) is 12.7. The molecular weight excluding hydrogens is 578 g/mol. The monoisotopic (exact) mass is 611 g/mol. The Morgan fingerprint density at radius 2 is 1.90 bits per heavy atom. The van der Waals surface area contributed by atoms with Gasteiger partial charge in [-0.2, -0.15) is 4.72 Å². The van der Waals surface area contributed by atoms with Crippen molar-refractivity contribution in [2.75, 3.05) is 19.8 Å². The van der Waals surface area contributed by atoms with Gasteiger partial charge in [-0.1, -0.05) is 30.7 Å². The third-order valence-electron chi connectivity index (χ3n) is 5.93. The number of carbonyl (C=O) groups is 3. The molecule has 1 saturated heterocycles. The predicted octanol–water partition coefficient (Wildman–Crippen LogP) is 3.87. The van der Waals surface area contributed by atoms with Crippen LogP contribution in [0.2, 0.25) is 5.02 Å². The molecule has 0 aliphatic carbocycles. The van der Waals surface area contributed by atoms with Gasteiger partial charge in [0.2, 0.25) is 10.0 Å². The zero-order chi connectivity index (χ0) is 29.6. The van der Waals surface area contributed by atoms with E-state index < -0.39 is 39.6 Å². The lowest BCUT2D eigenvalue weighted by Crippen LogP contribution is -2.44. The summed E-state index contributed by atoms with van der Waals surface area (Å²) in [7, 11) is -1.11. The second-order valence-corrected chi connectivity index (χ2v) is 13.1. The van der Waals surface area contributed by atoms with Gasteiger partial charge in [-0.15, -0.1) is 11.8 Å². The van der Waals surface area contributed by atoms with Crippen LogP contribution in [0.25, 0.3) is 0 Å². The topological polar surface area (TPSA) is 131 Å². The second-order valence-electron chi connectivity index (χ2n) is 9.76. The van der Waals surface area contributed by atoms with Gasteiger partial charge in [0.1, 0.15) is 17.2 Å². The minimum Gasteiger partial charge on any atom is -0.462 e. The number of benzene rings is 2. The van der Waals surface area contributed by atoms with Crippen molar-refractivity contribution in [1.82, 2.24) is 14.9 Å². The van der Waals surface area contributed by atoms with Gasteiger partial charge in [0.15, 0.2) is 5.78 Å². The Balaban J connectivity index is 1.96. The van der Waals surface area contributed by atoms with E-state index in [2.05, 4.69) is 10.0 Å². The van der Waals surface area contributed by atoms with Gasteiger partial charge in [-0.25, -0.2) is 13.2 Å². The minimum atomic E-state index is -4.16. The Morgan fingerprint density at radius 3 is 2.50 bits per heavy atom. The SMILES string of the molecule is CCC1CS[C@@H](C(=O)c2cc(C[C@H](NS(=O)(=O)c3cccc(Cl)c3)C(=O)OC(C)C)ccc2OC(=O)N(C)C)N1. The van der Waals surface area contributed by atoms with Crippen LogP contribution in [-0.4, -0.2) is 74.6 Å². The molecule has 2 aromatic rings. The van der Waals surface area contributed by atoms with E-state index >= 15 is 0 Å². The average molecular weight is 612 g/mol. The maximum Gasteiger partial charge on any atom is 0.414 e. The van der Waals surface area contributed by atoms with Crippen molar-refractivity contribution in [3.63, 3.8) is 0 Å². The Bertz CT molecular complexity index is 1350. The summed E-state index contributed by atoms with van der Waals surface area (Å²) in [5, 5.41) is 2.96. The fourth-order valence-corrected chi connectivity index (χ4v) is 6.64. The maximum absolute atomic E-state index is 13.5. The number of nitrogens with one attached hydrogen (secondary N) is 2. The molecule has 0 radical (unpaired) electrons. The molecule has 1 fully saturated rings. The third-order valence-corrected chi connectivity index (χ3v) is 8.92. The molecule has 1 amide bonds. The van der Waals surface area contributed by atoms with Gasteiger partial charge in [0.25, 0.3) is 0 Å². The third kappa shape index (κ3) is 8.43. The van der Waals surface area contributed by atoms with Crippen molar-refractivity contribution in [2.45, 2.75) is 62.1 Å². The summed E-state index contributed by atoms with van der Waals surface area (Å²) in [4.78, 5) is 40.0. The number of hydrogen-bond acceptors (Lipinski definition) is 9. The number of Topliss-reactive ketones (excluding diaryl/α,β-unsaturated/α-hetero) is 1. The van der Waals surface area contributed by atoms with Crippen molar-refractivity contribution >= 4 is 51.2 Å². The number of carbonyl (C=O) groups excluding carboxylic acids is 3. The highest BCUT2D eigenvalue weighted by Gasteiger charge is 2.33. The molecule has 2 aromatic carbocycles. The summed E-state index contributed by atoms with van der Waals surface area (Å²) < 4.78 is 39.4. The number of rotatable bonds is 11. The van der Waals surface area contributed by atoms with Gasteiger partial charge >= 0.3 is 12.1 Å². The van der Waals surface area contributed by atoms with Crippen LogP contribution in [0, 0.1) is 0 Å². The molecule has 0 bridgehead atoms. The summed E-state index contributed by atoms with van der Waals surface area (Å²) >= 11 is 7.44. The maximum atomic E-state index is 13.5. The van der Waals surface area contributed by atoms with Crippen LogP contribution < -0.4 is 14.8 Å². The minimum absolute atomic E-state index is 0.0654. The van der Waals surface area contributed by atoms with Crippen LogP contribution in [0.3, 0.4) is 0 Å². The van der Waals surface area contributed by atoms with Gasteiger partial charge in [0, 0.05) is 30.9 Å². The summed E-state index contributed by atoms with van der Waals surface area (Å²) in [6, 6.07) is 9.08. The van der Waals surface area contributed by atoms with E-state index in [1.54, 1.807) is 19.9 Å². The fraction of sp³-hybridized carbons (Fsp3) is 0.444. The van der Waals surface area contributed by atoms with Crippen LogP contribution in [0.5, 0.6) is 5.75 Å². The zero-order valence-electron chi connectivity index (χ0n) is 23.0. The van der Waals surface area contributed by atoms with Crippen LogP contribution in [0.4, 0.5) is 4.79 Å².